The lowest BCUT2D eigenvalue weighted by Crippen LogP contribution is -2.15. The van der Waals surface area contributed by atoms with Gasteiger partial charge in [0.1, 0.15) is 0 Å². The predicted octanol–water partition coefficient (Wildman–Crippen LogP) is 1.58. The van der Waals surface area contributed by atoms with Crippen LogP contribution in [0, 0.1) is 0 Å². The smallest absolute Gasteiger partial charge is 0.161 e. The fourth-order valence-electron chi connectivity index (χ4n) is 2.00. The van der Waals surface area contributed by atoms with Gasteiger partial charge in [-0.2, -0.15) is 10.2 Å². The summed E-state index contributed by atoms with van der Waals surface area (Å²) in [6.45, 7) is 0.453. The van der Waals surface area contributed by atoms with E-state index >= 15 is 0 Å². The second-order valence-electron chi connectivity index (χ2n) is 4.05. The Hall–Kier alpha value is -2.14. The van der Waals surface area contributed by atoms with Crippen molar-refractivity contribution in [3.63, 3.8) is 0 Å². The van der Waals surface area contributed by atoms with Crippen molar-refractivity contribution >= 4 is 0 Å². The minimum atomic E-state index is -0.00601. The quantitative estimate of drug-likeness (QED) is 0.882. The molecular weight excluding hydrogens is 242 g/mol. The summed E-state index contributed by atoms with van der Waals surface area (Å²) in [4.78, 5) is 0. The highest BCUT2D eigenvalue weighted by atomic mass is 16.5. The number of ether oxygens (including phenoxy) is 2. The molecule has 100 valence electrons. The Kier molecular flexibility index (Phi) is 4.30. The summed E-state index contributed by atoms with van der Waals surface area (Å²) in [6, 6.07) is 9.53. The van der Waals surface area contributed by atoms with E-state index in [2.05, 4.69) is 10.2 Å². The number of aromatic nitrogens is 2. The van der Waals surface area contributed by atoms with E-state index in [1.54, 1.807) is 20.4 Å². The van der Waals surface area contributed by atoms with E-state index in [-0.39, 0.29) is 5.92 Å². The summed E-state index contributed by atoms with van der Waals surface area (Å²) in [5.74, 6) is 1.37. The molecule has 1 aromatic heterocycles. The second-order valence-corrected chi connectivity index (χ2v) is 4.05. The number of hydrogen-bond acceptors (Lipinski definition) is 5. The SMILES string of the molecule is COc1ccc(C(CN)c2cccnn2)cc1OC. The van der Waals surface area contributed by atoms with Gasteiger partial charge in [-0.3, -0.25) is 0 Å². The van der Waals surface area contributed by atoms with E-state index in [0.717, 1.165) is 11.3 Å². The molecule has 5 nitrogen and oxygen atoms in total. The van der Waals surface area contributed by atoms with Crippen LogP contribution in [0.15, 0.2) is 36.5 Å². The lowest BCUT2D eigenvalue weighted by atomic mass is 9.95. The van der Waals surface area contributed by atoms with Gasteiger partial charge in [0.05, 0.1) is 19.9 Å². The number of nitrogens with zero attached hydrogens (tertiary/aromatic N) is 2. The molecule has 2 rings (SSSR count). The third-order valence-corrected chi connectivity index (χ3v) is 3.00. The Labute approximate surface area is 112 Å². The molecule has 0 aliphatic carbocycles. The van der Waals surface area contributed by atoms with Crippen LogP contribution in [0.2, 0.25) is 0 Å². The van der Waals surface area contributed by atoms with Crippen molar-refractivity contribution in [2.24, 2.45) is 5.73 Å². The summed E-state index contributed by atoms with van der Waals surface area (Å²) in [7, 11) is 3.22. The van der Waals surface area contributed by atoms with Gasteiger partial charge in [0.15, 0.2) is 11.5 Å². The average molecular weight is 259 g/mol. The molecule has 0 amide bonds. The zero-order valence-corrected chi connectivity index (χ0v) is 11.0. The largest absolute Gasteiger partial charge is 0.493 e. The zero-order valence-electron chi connectivity index (χ0n) is 11.0. The summed E-state index contributed by atoms with van der Waals surface area (Å²) < 4.78 is 10.5. The molecule has 0 radical (unpaired) electrons. The van der Waals surface area contributed by atoms with Crippen molar-refractivity contribution in [2.45, 2.75) is 5.92 Å². The van der Waals surface area contributed by atoms with E-state index < -0.39 is 0 Å². The Balaban J connectivity index is 2.39. The molecule has 1 aromatic carbocycles. The highest BCUT2D eigenvalue weighted by Gasteiger charge is 2.16. The Bertz CT molecular complexity index is 531. The van der Waals surface area contributed by atoms with Crippen LogP contribution in [0.3, 0.4) is 0 Å². The van der Waals surface area contributed by atoms with Gasteiger partial charge in [-0.05, 0) is 29.8 Å². The maximum atomic E-state index is 5.86. The molecule has 1 unspecified atom stereocenters. The Morgan fingerprint density at radius 1 is 1.16 bits per heavy atom. The van der Waals surface area contributed by atoms with Gasteiger partial charge in [-0.15, -0.1) is 0 Å². The van der Waals surface area contributed by atoms with Crippen LogP contribution in [-0.2, 0) is 0 Å². The van der Waals surface area contributed by atoms with Crippen molar-refractivity contribution in [2.75, 3.05) is 20.8 Å². The van der Waals surface area contributed by atoms with Crippen LogP contribution in [0.25, 0.3) is 0 Å². The topological polar surface area (TPSA) is 70.3 Å². The average Bonchev–Trinajstić information content (AvgIpc) is 2.49. The summed E-state index contributed by atoms with van der Waals surface area (Å²) in [5.41, 5.74) is 7.73. The van der Waals surface area contributed by atoms with Gasteiger partial charge in [0, 0.05) is 18.7 Å². The second kappa shape index (κ2) is 6.15. The van der Waals surface area contributed by atoms with Crippen molar-refractivity contribution in [3.05, 3.63) is 47.8 Å². The van der Waals surface area contributed by atoms with E-state index in [1.807, 2.05) is 30.3 Å². The third kappa shape index (κ3) is 2.82. The number of methoxy groups -OCH3 is 2. The van der Waals surface area contributed by atoms with Crippen molar-refractivity contribution < 1.29 is 9.47 Å². The first-order chi connectivity index (χ1) is 9.30. The number of nitrogens with two attached hydrogens (primary N) is 1. The number of hydrogen-bond donors (Lipinski definition) is 1. The molecule has 2 N–H and O–H groups in total. The van der Waals surface area contributed by atoms with Crippen molar-refractivity contribution in [3.8, 4) is 11.5 Å². The van der Waals surface area contributed by atoms with E-state index in [4.69, 9.17) is 15.2 Å². The molecule has 2 aromatic rings. The molecule has 0 bridgehead atoms. The molecule has 0 aliphatic rings. The highest BCUT2D eigenvalue weighted by Crippen LogP contribution is 2.32. The van der Waals surface area contributed by atoms with E-state index in [9.17, 15) is 0 Å². The first-order valence-corrected chi connectivity index (χ1v) is 5.99. The summed E-state index contributed by atoms with van der Waals surface area (Å²) >= 11 is 0. The third-order valence-electron chi connectivity index (χ3n) is 3.00. The maximum Gasteiger partial charge on any atom is 0.161 e. The number of benzene rings is 1. The van der Waals surface area contributed by atoms with Gasteiger partial charge >= 0.3 is 0 Å². The van der Waals surface area contributed by atoms with Crippen LogP contribution in [0.5, 0.6) is 11.5 Å². The van der Waals surface area contributed by atoms with Crippen LogP contribution < -0.4 is 15.2 Å². The fourth-order valence-corrected chi connectivity index (χ4v) is 2.00. The molecule has 19 heavy (non-hydrogen) atoms. The predicted molar refractivity (Wildman–Crippen MR) is 72.5 cm³/mol. The molecule has 0 aliphatic heterocycles. The molecule has 1 heterocycles. The maximum absolute atomic E-state index is 5.86. The number of rotatable bonds is 5. The van der Waals surface area contributed by atoms with Gasteiger partial charge < -0.3 is 15.2 Å². The summed E-state index contributed by atoms with van der Waals surface area (Å²) in [6.07, 6.45) is 1.64. The molecule has 5 heteroatoms. The van der Waals surface area contributed by atoms with Gasteiger partial charge in [0.25, 0.3) is 0 Å². The van der Waals surface area contributed by atoms with Crippen molar-refractivity contribution in [1.29, 1.82) is 0 Å². The standard InChI is InChI=1S/C14H17N3O2/c1-18-13-6-5-10(8-14(13)19-2)11(9-15)12-4-3-7-16-17-12/h3-8,11H,9,15H2,1-2H3. The van der Waals surface area contributed by atoms with E-state index in [0.29, 0.717) is 18.0 Å². The normalized spacial score (nSPS) is 11.9. The molecule has 0 spiro atoms. The first-order valence-electron chi connectivity index (χ1n) is 5.99. The fraction of sp³-hybridized carbons (Fsp3) is 0.286. The molecular formula is C14H17N3O2. The lowest BCUT2D eigenvalue weighted by molar-refractivity contribution is 0.354. The van der Waals surface area contributed by atoms with Crippen LogP contribution in [0.1, 0.15) is 17.2 Å². The van der Waals surface area contributed by atoms with Crippen molar-refractivity contribution in [1.82, 2.24) is 10.2 Å². The minimum absolute atomic E-state index is 0.00601. The molecule has 0 saturated heterocycles. The molecule has 0 fully saturated rings. The van der Waals surface area contributed by atoms with Gasteiger partial charge in [0.2, 0.25) is 0 Å². The Morgan fingerprint density at radius 2 is 1.95 bits per heavy atom. The first kappa shape index (κ1) is 13.3. The Morgan fingerprint density at radius 3 is 2.53 bits per heavy atom. The lowest BCUT2D eigenvalue weighted by Gasteiger charge is -2.16. The van der Waals surface area contributed by atoms with Gasteiger partial charge in [-0.1, -0.05) is 6.07 Å². The minimum Gasteiger partial charge on any atom is -0.493 e. The van der Waals surface area contributed by atoms with Crippen LogP contribution in [-0.4, -0.2) is 31.0 Å². The van der Waals surface area contributed by atoms with Crippen LogP contribution >= 0.6 is 0 Å². The highest BCUT2D eigenvalue weighted by molar-refractivity contribution is 5.45. The van der Waals surface area contributed by atoms with Gasteiger partial charge in [-0.25, -0.2) is 0 Å². The monoisotopic (exact) mass is 259 g/mol. The zero-order chi connectivity index (χ0) is 13.7. The summed E-state index contributed by atoms with van der Waals surface area (Å²) in [5, 5.41) is 8.02. The van der Waals surface area contributed by atoms with E-state index in [1.165, 1.54) is 0 Å². The molecule has 0 saturated carbocycles. The van der Waals surface area contributed by atoms with Crippen LogP contribution in [0.4, 0.5) is 0 Å². The molecule has 1 atom stereocenters.